The standard InChI is InChI=1S/C27H39N7O/c1-19-17-22(34-15-13-33(2)14-16-34)9-10-24(19)31-27-30-18-23(20-7-8-20)25(32-27)28-11-4-12-29-26(35)21-5-3-6-21/h9-10,17-18,20-21H,3-8,11-16H2,1-2H3,(H,29,35)(H2,28,30,31,32). The Balaban J connectivity index is 1.18. The predicted octanol–water partition coefficient (Wildman–Crippen LogP) is 3.88. The van der Waals surface area contributed by atoms with Gasteiger partial charge in [0.05, 0.1) is 0 Å². The maximum absolute atomic E-state index is 12.0. The lowest BCUT2D eigenvalue weighted by atomic mass is 9.85. The van der Waals surface area contributed by atoms with Crippen molar-refractivity contribution in [3.63, 3.8) is 0 Å². The molecule has 35 heavy (non-hydrogen) atoms. The van der Waals surface area contributed by atoms with Gasteiger partial charge in [0.2, 0.25) is 11.9 Å². The molecule has 1 aromatic heterocycles. The Hall–Kier alpha value is -2.87. The highest BCUT2D eigenvalue weighted by Crippen LogP contribution is 2.43. The summed E-state index contributed by atoms with van der Waals surface area (Å²) in [6.45, 7) is 7.95. The number of amides is 1. The van der Waals surface area contributed by atoms with Crippen LogP contribution in [0.1, 0.15) is 55.6 Å². The number of carbonyl (C=O) groups excluding carboxylic acids is 1. The van der Waals surface area contributed by atoms with Crippen LogP contribution in [0.2, 0.25) is 0 Å². The molecule has 0 bridgehead atoms. The van der Waals surface area contributed by atoms with E-state index in [0.29, 0.717) is 18.4 Å². The fraction of sp³-hybridized carbons (Fsp3) is 0.593. The molecule has 0 atom stereocenters. The highest BCUT2D eigenvalue weighted by atomic mass is 16.1. The summed E-state index contributed by atoms with van der Waals surface area (Å²) in [6.07, 6.45) is 8.54. The van der Waals surface area contributed by atoms with Gasteiger partial charge in [-0.25, -0.2) is 4.98 Å². The molecule has 2 saturated carbocycles. The number of aromatic nitrogens is 2. The lowest BCUT2D eigenvalue weighted by Gasteiger charge is -2.34. The Bertz CT molecular complexity index is 1030. The maximum atomic E-state index is 12.0. The molecule has 188 valence electrons. The number of hydrogen-bond donors (Lipinski definition) is 3. The third-order valence-corrected chi connectivity index (χ3v) is 7.58. The van der Waals surface area contributed by atoms with Gasteiger partial charge in [-0.2, -0.15) is 4.98 Å². The predicted molar refractivity (Wildman–Crippen MR) is 142 cm³/mol. The van der Waals surface area contributed by atoms with Gasteiger partial charge in [-0.3, -0.25) is 4.79 Å². The van der Waals surface area contributed by atoms with Gasteiger partial charge < -0.3 is 25.8 Å². The Labute approximate surface area is 208 Å². The number of carbonyl (C=O) groups is 1. The molecule has 3 aliphatic rings. The van der Waals surface area contributed by atoms with Gasteiger partial charge >= 0.3 is 0 Å². The van der Waals surface area contributed by atoms with Crippen molar-refractivity contribution >= 4 is 29.0 Å². The second-order valence-corrected chi connectivity index (χ2v) is 10.4. The van der Waals surface area contributed by atoms with E-state index in [4.69, 9.17) is 4.98 Å². The molecule has 1 aromatic carbocycles. The highest BCUT2D eigenvalue weighted by Gasteiger charge is 2.28. The number of likely N-dealkylation sites (N-methyl/N-ethyl adjacent to an activating group) is 1. The third-order valence-electron chi connectivity index (χ3n) is 7.58. The molecule has 2 aromatic rings. The molecular formula is C27H39N7O. The minimum Gasteiger partial charge on any atom is -0.370 e. The minimum absolute atomic E-state index is 0.220. The highest BCUT2D eigenvalue weighted by molar-refractivity contribution is 5.79. The monoisotopic (exact) mass is 477 g/mol. The van der Waals surface area contributed by atoms with Crippen molar-refractivity contribution in [2.24, 2.45) is 5.92 Å². The SMILES string of the molecule is Cc1cc(N2CCN(C)CC2)ccc1Nc1ncc(C2CC2)c(NCCCNC(=O)C2CCC2)n1. The number of piperazine rings is 1. The van der Waals surface area contributed by atoms with Gasteiger partial charge in [-0.05, 0) is 75.8 Å². The topological polar surface area (TPSA) is 85.4 Å². The average molecular weight is 478 g/mol. The molecule has 2 heterocycles. The second-order valence-electron chi connectivity index (χ2n) is 10.4. The number of anilines is 4. The molecule has 8 heteroatoms. The number of aryl methyl sites for hydroxylation is 1. The molecular weight excluding hydrogens is 438 g/mol. The largest absolute Gasteiger partial charge is 0.370 e. The smallest absolute Gasteiger partial charge is 0.229 e. The summed E-state index contributed by atoms with van der Waals surface area (Å²) in [5.41, 5.74) is 4.70. The summed E-state index contributed by atoms with van der Waals surface area (Å²) in [4.78, 5) is 26.3. The third kappa shape index (κ3) is 6.04. The quantitative estimate of drug-likeness (QED) is 0.448. The van der Waals surface area contributed by atoms with Crippen LogP contribution >= 0.6 is 0 Å². The van der Waals surface area contributed by atoms with E-state index in [0.717, 1.165) is 63.5 Å². The van der Waals surface area contributed by atoms with Crippen LogP contribution in [0.3, 0.4) is 0 Å². The summed E-state index contributed by atoms with van der Waals surface area (Å²) in [5, 5.41) is 10.0. The molecule has 8 nitrogen and oxygen atoms in total. The van der Waals surface area contributed by atoms with Crippen LogP contribution in [0, 0.1) is 12.8 Å². The van der Waals surface area contributed by atoms with Gasteiger partial charge in [-0.1, -0.05) is 6.42 Å². The number of hydrogen-bond acceptors (Lipinski definition) is 7. The van der Waals surface area contributed by atoms with E-state index in [-0.39, 0.29) is 11.8 Å². The first-order chi connectivity index (χ1) is 17.1. The van der Waals surface area contributed by atoms with Gasteiger partial charge in [-0.15, -0.1) is 0 Å². The van der Waals surface area contributed by atoms with E-state index in [9.17, 15) is 4.79 Å². The molecule has 1 amide bonds. The molecule has 2 aliphatic carbocycles. The summed E-state index contributed by atoms with van der Waals surface area (Å²) in [5.74, 6) is 2.57. The van der Waals surface area contributed by atoms with Gasteiger partial charge in [0.15, 0.2) is 0 Å². The van der Waals surface area contributed by atoms with Crippen LogP contribution in [0.5, 0.6) is 0 Å². The second kappa shape index (κ2) is 10.8. The van der Waals surface area contributed by atoms with Crippen molar-refractivity contribution in [2.45, 2.75) is 51.4 Å². The van der Waals surface area contributed by atoms with Crippen LogP contribution in [-0.2, 0) is 4.79 Å². The van der Waals surface area contributed by atoms with Crippen LogP contribution in [0.15, 0.2) is 24.4 Å². The van der Waals surface area contributed by atoms with Gasteiger partial charge in [0.1, 0.15) is 5.82 Å². The number of nitrogens with zero attached hydrogens (tertiary/aromatic N) is 4. The molecule has 3 N–H and O–H groups in total. The van der Waals surface area contributed by atoms with E-state index >= 15 is 0 Å². The van der Waals surface area contributed by atoms with E-state index in [2.05, 4.69) is 62.9 Å². The molecule has 0 radical (unpaired) electrons. The first-order valence-corrected chi connectivity index (χ1v) is 13.3. The Morgan fingerprint density at radius 3 is 2.57 bits per heavy atom. The van der Waals surface area contributed by atoms with Crippen molar-refractivity contribution in [3.05, 3.63) is 35.5 Å². The fourth-order valence-electron chi connectivity index (χ4n) is 4.78. The van der Waals surface area contributed by atoms with E-state index in [1.807, 2.05) is 6.20 Å². The van der Waals surface area contributed by atoms with Crippen molar-refractivity contribution in [2.75, 3.05) is 61.8 Å². The van der Waals surface area contributed by atoms with Crippen molar-refractivity contribution in [1.82, 2.24) is 20.2 Å². The molecule has 5 rings (SSSR count). The zero-order chi connectivity index (χ0) is 24.2. The van der Waals surface area contributed by atoms with Crippen LogP contribution < -0.4 is 20.9 Å². The normalized spacial score (nSPS) is 18.7. The van der Waals surface area contributed by atoms with Crippen molar-refractivity contribution < 1.29 is 4.79 Å². The summed E-state index contributed by atoms with van der Waals surface area (Å²) < 4.78 is 0. The van der Waals surface area contributed by atoms with E-state index in [1.54, 1.807) is 0 Å². The van der Waals surface area contributed by atoms with Gasteiger partial charge in [0.25, 0.3) is 0 Å². The Morgan fingerprint density at radius 1 is 1.09 bits per heavy atom. The summed E-state index contributed by atoms with van der Waals surface area (Å²) >= 11 is 0. The number of benzene rings is 1. The van der Waals surface area contributed by atoms with E-state index in [1.165, 1.54) is 36.1 Å². The molecule has 0 unspecified atom stereocenters. The summed E-state index contributed by atoms with van der Waals surface area (Å²) in [6, 6.07) is 6.58. The van der Waals surface area contributed by atoms with E-state index < -0.39 is 0 Å². The first-order valence-electron chi connectivity index (χ1n) is 13.3. The zero-order valence-corrected chi connectivity index (χ0v) is 21.1. The maximum Gasteiger partial charge on any atom is 0.229 e. The Morgan fingerprint density at radius 2 is 1.89 bits per heavy atom. The van der Waals surface area contributed by atoms with Crippen LogP contribution in [0.4, 0.5) is 23.1 Å². The molecule has 0 spiro atoms. The zero-order valence-electron chi connectivity index (χ0n) is 21.1. The lowest BCUT2D eigenvalue weighted by Crippen LogP contribution is -2.44. The molecule has 1 saturated heterocycles. The van der Waals surface area contributed by atoms with Crippen LogP contribution in [0.25, 0.3) is 0 Å². The van der Waals surface area contributed by atoms with Gasteiger partial charge in [0, 0.05) is 68.3 Å². The summed E-state index contributed by atoms with van der Waals surface area (Å²) in [7, 11) is 2.18. The van der Waals surface area contributed by atoms with Crippen LogP contribution in [-0.4, -0.2) is 67.1 Å². The Kier molecular flexibility index (Phi) is 7.37. The molecule has 3 fully saturated rings. The van der Waals surface area contributed by atoms with Crippen molar-refractivity contribution in [3.8, 4) is 0 Å². The first kappa shape index (κ1) is 23.9. The molecule has 1 aliphatic heterocycles. The lowest BCUT2D eigenvalue weighted by molar-refractivity contribution is -0.127. The minimum atomic E-state index is 0.220. The number of nitrogens with one attached hydrogen (secondary N) is 3. The number of rotatable bonds is 10. The average Bonchev–Trinajstić information content (AvgIpc) is 3.65. The van der Waals surface area contributed by atoms with Crippen molar-refractivity contribution in [1.29, 1.82) is 0 Å². The fourth-order valence-corrected chi connectivity index (χ4v) is 4.78.